The summed E-state index contributed by atoms with van der Waals surface area (Å²) >= 11 is 0. The quantitative estimate of drug-likeness (QED) is 0.894. The first-order valence-electron chi connectivity index (χ1n) is 7.17. The van der Waals surface area contributed by atoms with Crippen LogP contribution in [-0.2, 0) is 0 Å². The van der Waals surface area contributed by atoms with Gasteiger partial charge in [-0.1, -0.05) is 31.9 Å². The second kappa shape index (κ2) is 5.92. The third-order valence-corrected chi connectivity index (χ3v) is 4.08. The Morgan fingerprint density at radius 1 is 1.55 bits per heavy atom. The van der Waals surface area contributed by atoms with Crippen LogP contribution in [0.2, 0.25) is 0 Å². The number of aryl methyl sites for hydroxylation is 1. The SMILES string of the molecule is Cc1cccc(C(=O)NCC2(O)CCCC(C)C2)c1F. The number of rotatable bonds is 3. The fourth-order valence-corrected chi connectivity index (χ4v) is 2.96. The van der Waals surface area contributed by atoms with E-state index in [0.717, 1.165) is 12.8 Å². The Balaban J connectivity index is 2.00. The lowest BCUT2D eigenvalue weighted by Crippen LogP contribution is -2.45. The highest BCUT2D eigenvalue weighted by Gasteiger charge is 2.33. The van der Waals surface area contributed by atoms with Crippen molar-refractivity contribution in [2.75, 3.05) is 6.54 Å². The van der Waals surface area contributed by atoms with E-state index in [1.165, 1.54) is 6.07 Å². The summed E-state index contributed by atoms with van der Waals surface area (Å²) < 4.78 is 13.9. The van der Waals surface area contributed by atoms with Crippen molar-refractivity contribution in [3.63, 3.8) is 0 Å². The third kappa shape index (κ3) is 3.37. The molecule has 0 radical (unpaired) electrons. The number of carbonyl (C=O) groups is 1. The van der Waals surface area contributed by atoms with E-state index in [0.29, 0.717) is 24.3 Å². The Labute approximate surface area is 119 Å². The fraction of sp³-hybridized carbons (Fsp3) is 0.562. The van der Waals surface area contributed by atoms with Gasteiger partial charge >= 0.3 is 0 Å². The van der Waals surface area contributed by atoms with Crippen molar-refractivity contribution < 1.29 is 14.3 Å². The van der Waals surface area contributed by atoms with Gasteiger partial charge in [-0.25, -0.2) is 4.39 Å². The van der Waals surface area contributed by atoms with E-state index in [2.05, 4.69) is 12.2 Å². The zero-order chi connectivity index (χ0) is 14.8. The maximum atomic E-state index is 13.9. The Morgan fingerprint density at radius 2 is 2.30 bits per heavy atom. The van der Waals surface area contributed by atoms with Crippen LogP contribution in [0.3, 0.4) is 0 Å². The van der Waals surface area contributed by atoms with E-state index in [-0.39, 0.29) is 12.1 Å². The average Bonchev–Trinajstić information content (AvgIpc) is 2.39. The van der Waals surface area contributed by atoms with Crippen molar-refractivity contribution in [3.05, 3.63) is 35.1 Å². The molecule has 2 N–H and O–H groups in total. The third-order valence-electron chi connectivity index (χ3n) is 4.08. The predicted molar refractivity (Wildman–Crippen MR) is 76.1 cm³/mol. The highest BCUT2D eigenvalue weighted by molar-refractivity contribution is 5.94. The normalized spacial score (nSPS) is 26.3. The zero-order valence-corrected chi connectivity index (χ0v) is 12.1. The molecule has 1 aromatic carbocycles. The van der Waals surface area contributed by atoms with Gasteiger partial charge in [0, 0.05) is 6.54 Å². The summed E-state index contributed by atoms with van der Waals surface area (Å²) in [4.78, 5) is 12.0. The van der Waals surface area contributed by atoms with Gasteiger partial charge in [0.25, 0.3) is 5.91 Å². The average molecular weight is 279 g/mol. The molecule has 4 heteroatoms. The molecule has 0 aliphatic heterocycles. The molecule has 1 aromatic rings. The van der Waals surface area contributed by atoms with Crippen LogP contribution >= 0.6 is 0 Å². The molecule has 2 atom stereocenters. The number of hydrogen-bond donors (Lipinski definition) is 2. The number of benzene rings is 1. The lowest BCUT2D eigenvalue weighted by atomic mass is 9.79. The molecule has 110 valence electrons. The molecule has 0 spiro atoms. The minimum atomic E-state index is -0.854. The fourth-order valence-electron chi connectivity index (χ4n) is 2.96. The van der Waals surface area contributed by atoms with Crippen LogP contribution in [0.25, 0.3) is 0 Å². The first-order valence-corrected chi connectivity index (χ1v) is 7.17. The molecule has 1 aliphatic rings. The van der Waals surface area contributed by atoms with Crippen molar-refractivity contribution >= 4 is 5.91 Å². The summed E-state index contributed by atoms with van der Waals surface area (Å²) in [5.41, 5.74) is -0.367. The van der Waals surface area contributed by atoms with Crippen molar-refractivity contribution in [1.29, 1.82) is 0 Å². The Morgan fingerprint density at radius 3 is 3.00 bits per heavy atom. The predicted octanol–water partition coefficient (Wildman–Crippen LogP) is 2.81. The maximum absolute atomic E-state index is 13.9. The molecule has 3 nitrogen and oxygen atoms in total. The maximum Gasteiger partial charge on any atom is 0.254 e. The molecular weight excluding hydrogens is 257 g/mol. The Kier molecular flexibility index (Phi) is 4.43. The van der Waals surface area contributed by atoms with Crippen LogP contribution < -0.4 is 5.32 Å². The molecule has 2 rings (SSSR count). The van der Waals surface area contributed by atoms with Crippen LogP contribution in [0.1, 0.15) is 48.5 Å². The van der Waals surface area contributed by atoms with Gasteiger partial charge in [-0.3, -0.25) is 4.79 Å². The number of hydrogen-bond acceptors (Lipinski definition) is 2. The van der Waals surface area contributed by atoms with Crippen LogP contribution in [0.5, 0.6) is 0 Å². The molecule has 20 heavy (non-hydrogen) atoms. The highest BCUT2D eigenvalue weighted by Crippen LogP contribution is 2.31. The van der Waals surface area contributed by atoms with Crippen LogP contribution in [0, 0.1) is 18.7 Å². The van der Waals surface area contributed by atoms with Gasteiger partial charge in [-0.05, 0) is 37.3 Å². The molecule has 1 saturated carbocycles. The van der Waals surface area contributed by atoms with E-state index in [1.807, 2.05) is 0 Å². The van der Waals surface area contributed by atoms with Gasteiger partial charge in [-0.2, -0.15) is 0 Å². The van der Waals surface area contributed by atoms with Crippen LogP contribution in [-0.4, -0.2) is 23.2 Å². The number of nitrogens with one attached hydrogen (secondary N) is 1. The Hall–Kier alpha value is -1.42. The number of aliphatic hydroxyl groups is 1. The van der Waals surface area contributed by atoms with Crippen molar-refractivity contribution in [1.82, 2.24) is 5.32 Å². The van der Waals surface area contributed by atoms with E-state index in [4.69, 9.17) is 0 Å². The lowest BCUT2D eigenvalue weighted by Gasteiger charge is -2.35. The minimum Gasteiger partial charge on any atom is -0.388 e. The summed E-state index contributed by atoms with van der Waals surface area (Å²) in [6, 6.07) is 4.75. The molecule has 2 unspecified atom stereocenters. The zero-order valence-electron chi connectivity index (χ0n) is 12.1. The second-order valence-corrected chi connectivity index (χ2v) is 6.04. The summed E-state index contributed by atoms with van der Waals surface area (Å²) in [5, 5.41) is 13.1. The summed E-state index contributed by atoms with van der Waals surface area (Å²) in [6.07, 6.45) is 3.45. The van der Waals surface area contributed by atoms with Gasteiger partial charge in [0.05, 0.1) is 11.2 Å². The van der Waals surface area contributed by atoms with Crippen LogP contribution in [0.4, 0.5) is 4.39 Å². The van der Waals surface area contributed by atoms with Gasteiger partial charge in [-0.15, -0.1) is 0 Å². The van der Waals surface area contributed by atoms with Crippen molar-refractivity contribution in [2.24, 2.45) is 5.92 Å². The smallest absolute Gasteiger partial charge is 0.254 e. The Bertz CT molecular complexity index is 503. The van der Waals surface area contributed by atoms with Crippen molar-refractivity contribution in [3.8, 4) is 0 Å². The van der Waals surface area contributed by atoms with Crippen LogP contribution in [0.15, 0.2) is 18.2 Å². The van der Waals surface area contributed by atoms with E-state index >= 15 is 0 Å². The van der Waals surface area contributed by atoms with Gasteiger partial charge in [0.15, 0.2) is 0 Å². The molecule has 1 fully saturated rings. The van der Waals surface area contributed by atoms with Crippen molar-refractivity contribution in [2.45, 2.75) is 45.1 Å². The van der Waals surface area contributed by atoms with Gasteiger partial charge in [0.2, 0.25) is 0 Å². The van der Waals surface area contributed by atoms with E-state index in [1.54, 1.807) is 19.1 Å². The number of amides is 1. The molecule has 0 saturated heterocycles. The lowest BCUT2D eigenvalue weighted by molar-refractivity contribution is -0.0109. The van der Waals surface area contributed by atoms with E-state index in [9.17, 15) is 14.3 Å². The summed E-state index contributed by atoms with van der Waals surface area (Å²) in [5.74, 6) is -0.492. The molecule has 0 bridgehead atoms. The van der Waals surface area contributed by atoms with Gasteiger partial charge < -0.3 is 10.4 Å². The first kappa shape index (κ1) is 15.0. The molecule has 1 amide bonds. The summed E-state index contributed by atoms with van der Waals surface area (Å²) in [6.45, 7) is 3.91. The molecule has 0 heterocycles. The first-order chi connectivity index (χ1) is 9.41. The minimum absolute atomic E-state index is 0.0393. The number of carbonyl (C=O) groups excluding carboxylic acids is 1. The monoisotopic (exact) mass is 279 g/mol. The number of halogens is 1. The standard InChI is InChI=1S/C16H22FNO2/c1-11-5-4-8-16(20,9-11)10-18-15(19)13-7-3-6-12(2)14(13)17/h3,6-7,11,20H,4-5,8-10H2,1-2H3,(H,18,19). The molecule has 0 aromatic heterocycles. The molecule has 1 aliphatic carbocycles. The summed E-state index contributed by atoms with van der Waals surface area (Å²) in [7, 11) is 0. The largest absolute Gasteiger partial charge is 0.388 e. The molecular formula is C16H22FNO2. The van der Waals surface area contributed by atoms with Gasteiger partial charge in [0.1, 0.15) is 5.82 Å². The highest BCUT2D eigenvalue weighted by atomic mass is 19.1. The second-order valence-electron chi connectivity index (χ2n) is 6.04. The van der Waals surface area contributed by atoms with E-state index < -0.39 is 17.3 Å². The topological polar surface area (TPSA) is 49.3 Å².